The number of amides is 1. The molecular formula is C19H26N4O3S4. The van der Waals surface area contributed by atoms with E-state index in [1.54, 1.807) is 17.8 Å². The number of nitrogens with zero attached hydrogens (tertiary/aromatic N) is 3. The molecule has 1 aromatic carbocycles. The van der Waals surface area contributed by atoms with Crippen LogP contribution >= 0.6 is 34.9 Å². The topological polar surface area (TPSA) is 92.3 Å². The van der Waals surface area contributed by atoms with Crippen LogP contribution in [0.4, 0.5) is 5.13 Å². The number of benzene rings is 1. The first-order valence-electron chi connectivity index (χ1n) is 9.76. The second kappa shape index (κ2) is 10.3. The number of hydrogen-bond donors (Lipinski definition) is 1. The molecule has 3 rings (SSSR count). The number of aromatic nitrogens is 2. The van der Waals surface area contributed by atoms with Crippen molar-refractivity contribution < 1.29 is 13.2 Å². The molecule has 164 valence electrons. The lowest BCUT2D eigenvalue weighted by Crippen LogP contribution is -2.36. The number of piperidine rings is 1. The Bertz CT molecular complexity index is 985. The van der Waals surface area contributed by atoms with Crippen molar-refractivity contribution >= 4 is 55.9 Å². The van der Waals surface area contributed by atoms with Crippen molar-refractivity contribution in [3.8, 4) is 0 Å². The Morgan fingerprint density at radius 2 is 1.97 bits per heavy atom. The predicted molar refractivity (Wildman–Crippen MR) is 124 cm³/mol. The largest absolute Gasteiger partial charge is 0.339 e. The van der Waals surface area contributed by atoms with Crippen molar-refractivity contribution in [3.63, 3.8) is 0 Å². The van der Waals surface area contributed by atoms with E-state index in [0.717, 1.165) is 34.3 Å². The van der Waals surface area contributed by atoms with Gasteiger partial charge in [-0.2, -0.15) is 0 Å². The molecule has 2 aromatic rings. The maximum atomic E-state index is 13.0. The third-order valence-corrected chi connectivity index (χ3v) is 9.18. The first-order chi connectivity index (χ1) is 14.3. The lowest BCUT2D eigenvalue weighted by molar-refractivity contribution is 0.0720. The Kier molecular flexibility index (Phi) is 8.05. The van der Waals surface area contributed by atoms with Gasteiger partial charge in [-0.1, -0.05) is 36.9 Å². The molecule has 1 fully saturated rings. The summed E-state index contributed by atoms with van der Waals surface area (Å²) in [6.45, 7) is 5.64. The van der Waals surface area contributed by atoms with Gasteiger partial charge in [-0.3, -0.25) is 9.52 Å². The van der Waals surface area contributed by atoms with Crippen molar-refractivity contribution in [1.82, 2.24) is 15.1 Å². The summed E-state index contributed by atoms with van der Waals surface area (Å²) in [7, 11) is -3.87. The number of anilines is 1. The minimum atomic E-state index is -3.87. The summed E-state index contributed by atoms with van der Waals surface area (Å²) >= 11 is 4.20. The Hall–Kier alpha value is -1.30. The minimum Gasteiger partial charge on any atom is -0.339 e. The fourth-order valence-electron chi connectivity index (χ4n) is 3.01. The van der Waals surface area contributed by atoms with Crippen LogP contribution in [0.15, 0.2) is 32.3 Å². The lowest BCUT2D eigenvalue weighted by Gasteiger charge is -2.27. The van der Waals surface area contributed by atoms with Crippen LogP contribution in [0.3, 0.4) is 0 Å². The summed E-state index contributed by atoms with van der Waals surface area (Å²) in [5.41, 5.74) is 0.428. The summed E-state index contributed by atoms with van der Waals surface area (Å²) in [5.74, 6) is 1.28. The molecular weight excluding hydrogens is 461 g/mol. The summed E-state index contributed by atoms with van der Waals surface area (Å²) in [6.07, 6.45) is 4.96. The standard InChI is InChI=1S/C19H26N4O3S4/c1-13(2)12-28-19-21-20-18(29-19)22-30(25,26)14-7-8-16(27-3)15(11-14)17(24)23-9-5-4-6-10-23/h7-8,11,13H,4-6,9-10,12H2,1-3H3,(H,20,22). The number of thioether (sulfide) groups is 2. The quantitative estimate of drug-likeness (QED) is 0.552. The predicted octanol–water partition coefficient (Wildman–Crippen LogP) is 4.44. The van der Waals surface area contributed by atoms with Gasteiger partial charge in [0.2, 0.25) is 5.13 Å². The number of sulfonamides is 1. The van der Waals surface area contributed by atoms with Crippen LogP contribution in [-0.4, -0.2) is 54.5 Å². The zero-order valence-corrected chi connectivity index (χ0v) is 20.5. The van der Waals surface area contributed by atoms with Gasteiger partial charge in [-0.25, -0.2) is 8.42 Å². The highest BCUT2D eigenvalue weighted by atomic mass is 32.2. The molecule has 11 heteroatoms. The van der Waals surface area contributed by atoms with E-state index < -0.39 is 10.0 Å². The summed E-state index contributed by atoms with van der Waals surface area (Å²) in [6, 6.07) is 4.69. The van der Waals surface area contributed by atoms with E-state index in [1.807, 2.05) is 11.2 Å². The van der Waals surface area contributed by atoms with Crippen LogP contribution in [0, 0.1) is 5.92 Å². The van der Waals surface area contributed by atoms with E-state index in [1.165, 1.54) is 35.2 Å². The molecule has 0 atom stereocenters. The van der Waals surface area contributed by atoms with Gasteiger partial charge in [0.05, 0.1) is 10.5 Å². The first-order valence-corrected chi connectivity index (χ1v) is 14.3. The summed E-state index contributed by atoms with van der Waals surface area (Å²) in [5, 5.41) is 8.21. The summed E-state index contributed by atoms with van der Waals surface area (Å²) < 4.78 is 29.1. The summed E-state index contributed by atoms with van der Waals surface area (Å²) in [4.78, 5) is 15.7. The number of likely N-dealkylation sites (tertiary alicyclic amines) is 1. The van der Waals surface area contributed by atoms with Gasteiger partial charge in [0, 0.05) is 23.7 Å². The smallest absolute Gasteiger partial charge is 0.263 e. The third kappa shape index (κ3) is 5.89. The molecule has 2 heterocycles. The minimum absolute atomic E-state index is 0.0484. The maximum Gasteiger partial charge on any atom is 0.263 e. The molecule has 0 saturated carbocycles. The van der Waals surface area contributed by atoms with E-state index in [9.17, 15) is 13.2 Å². The third-order valence-electron chi connectivity index (χ3n) is 4.52. The Labute approximate surface area is 190 Å². The molecule has 0 aliphatic carbocycles. The highest BCUT2D eigenvalue weighted by Gasteiger charge is 2.24. The molecule has 0 spiro atoms. The van der Waals surface area contributed by atoms with E-state index in [4.69, 9.17) is 0 Å². The van der Waals surface area contributed by atoms with Gasteiger partial charge < -0.3 is 4.90 Å². The number of carbonyl (C=O) groups is 1. The van der Waals surface area contributed by atoms with E-state index in [-0.39, 0.29) is 15.9 Å². The second-order valence-electron chi connectivity index (χ2n) is 7.40. The molecule has 1 aliphatic rings. The molecule has 7 nitrogen and oxygen atoms in total. The van der Waals surface area contributed by atoms with Crippen LogP contribution in [0.2, 0.25) is 0 Å². The molecule has 0 radical (unpaired) electrons. The molecule has 1 saturated heterocycles. The number of rotatable bonds is 8. The number of nitrogens with one attached hydrogen (secondary N) is 1. The molecule has 1 aliphatic heterocycles. The van der Waals surface area contributed by atoms with E-state index in [2.05, 4.69) is 28.8 Å². The highest BCUT2D eigenvalue weighted by molar-refractivity contribution is 8.01. The molecule has 1 amide bonds. The molecule has 0 bridgehead atoms. The van der Waals surface area contributed by atoms with Gasteiger partial charge in [-0.15, -0.1) is 22.0 Å². The average molecular weight is 487 g/mol. The average Bonchev–Trinajstić information content (AvgIpc) is 3.18. The zero-order chi connectivity index (χ0) is 21.7. The zero-order valence-electron chi connectivity index (χ0n) is 17.3. The van der Waals surface area contributed by atoms with Crippen LogP contribution in [0.5, 0.6) is 0 Å². The molecule has 1 N–H and O–H groups in total. The van der Waals surface area contributed by atoms with Crippen LogP contribution in [0.1, 0.15) is 43.5 Å². The van der Waals surface area contributed by atoms with Gasteiger partial charge in [-0.05, 0) is 49.6 Å². The van der Waals surface area contributed by atoms with Crippen molar-refractivity contribution in [3.05, 3.63) is 23.8 Å². The van der Waals surface area contributed by atoms with Gasteiger partial charge in [0.15, 0.2) is 4.34 Å². The normalized spacial score (nSPS) is 14.9. The van der Waals surface area contributed by atoms with E-state index in [0.29, 0.717) is 24.6 Å². The highest BCUT2D eigenvalue weighted by Crippen LogP contribution is 2.30. The number of carbonyl (C=O) groups excluding carboxylic acids is 1. The van der Waals surface area contributed by atoms with Crippen LogP contribution in [-0.2, 0) is 10.0 Å². The fourth-order valence-corrected chi connectivity index (χ4v) is 6.56. The molecule has 0 unspecified atom stereocenters. The van der Waals surface area contributed by atoms with Crippen molar-refractivity contribution in [2.24, 2.45) is 5.92 Å². The Morgan fingerprint density at radius 3 is 2.63 bits per heavy atom. The van der Waals surface area contributed by atoms with Gasteiger partial charge in [0.1, 0.15) is 0 Å². The van der Waals surface area contributed by atoms with Crippen LogP contribution in [0.25, 0.3) is 0 Å². The van der Waals surface area contributed by atoms with Crippen molar-refractivity contribution in [2.45, 2.75) is 47.2 Å². The Balaban J connectivity index is 1.81. The number of hydrogen-bond acceptors (Lipinski definition) is 8. The lowest BCUT2D eigenvalue weighted by atomic mass is 10.1. The fraction of sp³-hybridized carbons (Fsp3) is 0.526. The second-order valence-corrected chi connectivity index (χ2v) is 12.2. The van der Waals surface area contributed by atoms with E-state index >= 15 is 0 Å². The first kappa shape index (κ1) is 23.4. The maximum absolute atomic E-state index is 13.0. The van der Waals surface area contributed by atoms with Gasteiger partial charge in [0.25, 0.3) is 15.9 Å². The monoisotopic (exact) mass is 486 g/mol. The van der Waals surface area contributed by atoms with Crippen molar-refractivity contribution in [2.75, 3.05) is 29.8 Å². The van der Waals surface area contributed by atoms with Gasteiger partial charge >= 0.3 is 0 Å². The SMILES string of the molecule is CSc1ccc(S(=O)(=O)Nc2nnc(SCC(C)C)s2)cc1C(=O)N1CCCCC1. The van der Waals surface area contributed by atoms with Crippen LogP contribution < -0.4 is 4.72 Å². The van der Waals surface area contributed by atoms with Crippen molar-refractivity contribution in [1.29, 1.82) is 0 Å². The molecule has 1 aromatic heterocycles. The Morgan fingerprint density at radius 1 is 1.23 bits per heavy atom. The molecule has 30 heavy (non-hydrogen) atoms.